The molecule has 1 N–H and O–H groups in total. The van der Waals surface area contributed by atoms with Crippen molar-refractivity contribution in [2.24, 2.45) is 5.92 Å². The van der Waals surface area contributed by atoms with E-state index in [-0.39, 0.29) is 6.61 Å². The molecule has 84 valence electrons. The number of rotatable bonds is 5. The molecular formula is C14H22O. The molecule has 0 bridgehead atoms. The third-order valence-corrected chi connectivity index (χ3v) is 3.15. The van der Waals surface area contributed by atoms with Gasteiger partial charge in [0.25, 0.3) is 0 Å². The molecule has 0 aliphatic heterocycles. The minimum absolute atomic E-state index is 0.257. The molecule has 15 heavy (non-hydrogen) atoms. The summed E-state index contributed by atoms with van der Waals surface area (Å²) in [5.41, 5.74) is 2.54. The van der Waals surface area contributed by atoms with Gasteiger partial charge in [-0.05, 0) is 24.8 Å². The topological polar surface area (TPSA) is 20.2 Å². The quantitative estimate of drug-likeness (QED) is 0.781. The van der Waals surface area contributed by atoms with Crippen LogP contribution in [-0.4, -0.2) is 11.7 Å². The molecule has 0 amide bonds. The van der Waals surface area contributed by atoms with Crippen LogP contribution >= 0.6 is 0 Å². The molecule has 2 unspecified atom stereocenters. The van der Waals surface area contributed by atoms with E-state index in [4.69, 9.17) is 0 Å². The van der Waals surface area contributed by atoms with Crippen molar-refractivity contribution >= 4 is 0 Å². The summed E-state index contributed by atoms with van der Waals surface area (Å²) < 4.78 is 0. The third-order valence-electron chi connectivity index (χ3n) is 3.15. The lowest BCUT2D eigenvalue weighted by atomic mass is 9.89. The summed E-state index contributed by atoms with van der Waals surface area (Å²) in [5.74, 6) is 0.990. The molecule has 0 aliphatic rings. The van der Waals surface area contributed by atoms with Gasteiger partial charge in [0.2, 0.25) is 0 Å². The van der Waals surface area contributed by atoms with Crippen molar-refractivity contribution in [3.8, 4) is 0 Å². The highest BCUT2D eigenvalue weighted by atomic mass is 16.3. The van der Waals surface area contributed by atoms with Gasteiger partial charge in [0, 0.05) is 12.5 Å². The van der Waals surface area contributed by atoms with Gasteiger partial charge in [0.1, 0.15) is 0 Å². The van der Waals surface area contributed by atoms with E-state index >= 15 is 0 Å². The number of benzene rings is 1. The molecule has 2 atom stereocenters. The molecule has 0 saturated heterocycles. The maximum absolute atomic E-state index is 9.39. The highest BCUT2D eigenvalue weighted by Gasteiger charge is 2.13. The fourth-order valence-electron chi connectivity index (χ4n) is 1.81. The van der Waals surface area contributed by atoms with Gasteiger partial charge in [-0.2, -0.15) is 0 Å². The second-order valence-electron chi connectivity index (χ2n) is 4.54. The normalized spacial score (nSPS) is 14.9. The Kier molecular flexibility index (Phi) is 4.83. The van der Waals surface area contributed by atoms with Gasteiger partial charge < -0.3 is 5.11 Å². The molecule has 0 saturated carbocycles. The van der Waals surface area contributed by atoms with Crippen molar-refractivity contribution < 1.29 is 5.11 Å². The lowest BCUT2D eigenvalue weighted by molar-refractivity contribution is 0.245. The second kappa shape index (κ2) is 5.92. The Bertz CT molecular complexity index is 276. The summed E-state index contributed by atoms with van der Waals surface area (Å²) in [5, 5.41) is 9.39. The predicted molar refractivity (Wildman–Crippen MR) is 65.1 cm³/mol. The molecule has 0 aromatic heterocycles. The van der Waals surface area contributed by atoms with Crippen LogP contribution in [0.3, 0.4) is 0 Å². The highest BCUT2D eigenvalue weighted by Crippen LogP contribution is 2.25. The fourth-order valence-corrected chi connectivity index (χ4v) is 1.81. The van der Waals surface area contributed by atoms with Crippen molar-refractivity contribution in [3.05, 3.63) is 35.4 Å². The zero-order chi connectivity index (χ0) is 11.3. The number of aliphatic hydroxyl groups is 1. The first-order chi connectivity index (χ1) is 7.17. The van der Waals surface area contributed by atoms with Crippen molar-refractivity contribution in [2.75, 3.05) is 6.61 Å². The van der Waals surface area contributed by atoms with Crippen LogP contribution in [0.4, 0.5) is 0 Å². The molecule has 0 aliphatic carbocycles. The molecule has 1 nitrogen and oxygen atoms in total. The van der Waals surface area contributed by atoms with Crippen LogP contribution in [0, 0.1) is 12.8 Å². The van der Waals surface area contributed by atoms with Gasteiger partial charge in [0.15, 0.2) is 0 Å². The number of hydrogen-bond donors (Lipinski definition) is 1. The Labute approximate surface area is 93.1 Å². The first-order valence-corrected chi connectivity index (χ1v) is 5.84. The summed E-state index contributed by atoms with van der Waals surface area (Å²) in [6, 6.07) is 8.51. The lowest BCUT2D eigenvalue weighted by Crippen LogP contribution is -2.08. The fraction of sp³-hybridized carbons (Fsp3) is 0.571. The zero-order valence-electron chi connectivity index (χ0n) is 10.0. The smallest absolute Gasteiger partial charge is 0.0499 e. The van der Waals surface area contributed by atoms with Crippen molar-refractivity contribution in [2.45, 2.75) is 39.5 Å². The van der Waals surface area contributed by atoms with E-state index in [0.717, 1.165) is 6.42 Å². The van der Waals surface area contributed by atoms with Gasteiger partial charge in [-0.1, -0.05) is 50.1 Å². The van der Waals surface area contributed by atoms with Crippen LogP contribution in [-0.2, 0) is 0 Å². The van der Waals surface area contributed by atoms with Gasteiger partial charge in [-0.25, -0.2) is 0 Å². The Balaban J connectivity index is 2.69. The summed E-state index contributed by atoms with van der Waals surface area (Å²) in [7, 11) is 0. The van der Waals surface area contributed by atoms with Gasteiger partial charge in [-0.3, -0.25) is 0 Å². The molecular weight excluding hydrogens is 184 g/mol. The predicted octanol–water partition coefficient (Wildman–Crippen LogP) is 3.51. The van der Waals surface area contributed by atoms with E-state index in [9.17, 15) is 5.11 Å². The molecule has 1 heteroatoms. The first kappa shape index (κ1) is 12.3. The van der Waals surface area contributed by atoms with Crippen LogP contribution in [0.1, 0.15) is 43.7 Å². The Morgan fingerprint density at radius 2 is 1.80 bits per heavy atom. The summed E-state index contributed by atoms with van der Waals surface area (Å²) in [6.07, 6.45) is 2.26. The average Bonchev–Trinajstić information content (AvgIpc) is 2.27. The van der Waals surface area contributed by atoms with Crippen LogP contribution in [0.5, 0.6) is 0 Å². The van der Waals surface area contributed by atoms with E-state index in [1.165, 1.54) is 17.5 Å². The maximum Gasteiger partial charge on any atom is 0.0499 e. The summed E-state index contributed by atoms with van der Waals surface area (Å²) in [6.45, 7) is 6.80. The van der Waals surface area contributed by atoms with Gasteiger partial charge >= 0.3 is 0 Å². The van der Waals surface area contributed by atoms with E-state index < -0.39 is 0 Å². The van der Waals surface area contributed by atoms with Crippen LogP contribution < -0.4 is 0 Å². The Hall–Kier alpha value is -0.820. The molecule has 1 rings (SSSR count). The Morgan fingerprint density at radius 3 is 2.27 bits per heavy atom. The molecule has 0 heterocycles. The molecule has 1 aromatic rings. The second-order valence-corrected chi connectivity index (χ2v) is 4.54. The van der Waals surface area contributed by atoms with Crippen molar-refractivity contribution in [1.82, 2.24) is 0 Å². The van der Waals surface area contributed by atoms with Crippen molar-refractivity contribution in [3.63, 3.8) is 0 Å². The number of aliphatic hydroxyl groups excluding tert-OH is 1. The van der Waals surface area contributed by atoms with Gasteiger partial charge in [0.05, 0.1) is 0 Å². The van der Waals surface area contributed by atoms with Crippen molar-refractivity contribution in [1.29, 1.82) is 0 Å². The summed E-state index contributed by atoms with van der Waals surface area (Å²) in [4.78, 5) is 0. The Morgan fingerprint density at radius 1 is 1.20 bits per heavy atom. The van der Waals surface area contributed by atoms with Crippen LogP contribution in [0.15, 0.2) is 24.3 Å². The van der Waals surface area contributed by atoms with E-state index in [1.807, 2.05) is 0 Å². The maximum atomic E-state index is 9.39. The number of aryl methyl sites for hydroxylation is 1. The lowest BCUT2D eigenvalue weighted by Gasteiger charge is -2.18. The largest absolute Gasteiger partial charge is 0.396 e. The third kappa shape index (κ3) is 3.67. The van der Waals surface area contributed by atoms with Gasteiger partial charge in [-0.15, -0.1) is 0 Å². The van der Waals surface area contributed by atoms with E-state index in [1.54, 1.807) is 0 Å². The minimum atomic E-state index is 0.257. The number of hydrogen-bond acceptors (Lipinski definition) is 1. The van der Waals surface area contributed by atoms with Crippen LogP contribution in [0.2, 0.25) is 0 Å². The average molecular weight is 206 g/mol. The standard InChI is InChI=1S/C14H22O/c1-4-11(2)9-14(10-15)13-7-5-12(3)6-8-13/h5-8,11,14-15H,4,9-10H2,1-3H3. The first-order valence-electron chi connectivity index (χ1n) is 5.84. The van der Waals surface area contributed by atoms with E-state index in [0.29, 0.717) is 11.8 Å². The minimum Gasteiger partial charge on any atom is -0.396 e. The van der Waals surface area contributed by atoms with Crippen LogP contribution in [0.25, 0.3) is 0 Å². The molecule has 1 aromatic carbocycles. The summed E-state index contributed by atoms with van der Waals surface area (Å²) >= 11 is 0. The zero-order valence-corrected chi connectivity index (χ0v) is 10.0. The highest BCUT2D eigenvalue weighted by molar-refractivity contribution is 5.24. The SMILES string of the molecule is CCC(C)CC(CO)c1ccc(C)cc1. The molecule has 0 spiro atoms. The monoisotopic (exact) mass is 206 g/mol. The molecule has 0 fully saturated rings. The van der Waals surface area contributed by atoms with E-state index in [2.05, 4.69) is 45.0 Å². The molecule has 0 radical (unpaired) electrons.